The highest BCUT2D eigenvalue weighted by Crippen LogP contribution is 2.31. The molecular formula is C34H38Br2N8O4. The Morgan fingerprint density at radius 3 is 2.25 bits per heavy atom. The summed E-state index contributed by atoms with van der Waals surface area (Å²) in [7, 11) is 1.61. The molecule has 4 heterocycles. The Morgan fingerprint density at radius 1 is 0.979 bits per heavy atom. The van der Waals surface area contributed by atoms with E-state index in [4.69, 9.17) is 10.5 Å². The summed E-state index contributed by atoms with van der Waals surface area (Å²) in [5, 5.41) is 3.06. The molecule has 12 nitrogen and oxygen atoms in total. The minimum atomic E-state index is -0.774. The van der Waals surface area contributed by atoms with Crippen LogP contribution in [0.3, 0.4) is 0 Å². The van der Waals surface area contributed by atoms with Gasteiger partial charge in [0.15, 0.2) is 0 Å². The number of hydrogen-bond acceptors (Lipinski definition) is 7. The predicted molar refractivity (Wildman–Crippen MR) is 192 cm³/mol. The van der Waals surface area contributed by atoms with Crippen LogP contribution in [0, 0.1) is 0 Å². The first-order valence-corrected chi connectivity index (χ1v) is 17.5. The number of nitrogens with zero attached hydrogens (tertiary/aromatic N) is 5. The van der Waals surface area contributed by atoms with Gasteiger partial charge in [-0.3, -0.25) is 14.3 Å². The third-order valence-electron chi connectivity index (χ3n) is 9.08. The van der Waals surface area contributed by atoms with Crippen LogP contribution in [-0.2, 0) is 11.2 Å². The summed E-state index contributed by atoms with van der Waals surface area (Å²) in [6, 6.07) is 14.1. The monoisotopic (exact) mass is 780 g/mol. The van der Waals surface area contributed by atoms with Gasteiger partial charge in [-0.15, -0.1) is 0 Å². The number of carbonyl (C=O) groups excluding carboxylic acids is 2. The third kappa shape index (κ3) is 7.54. The molecule has 2 aromatic carbocycles. The zero-order valence-corrected chi connectivity index (χ0v) is 29.7. The van der Waals surface area contributed by atoms with Gasteiger partial charge in [-0.25, -0.2) is 9.59 Å². The predicted octanol–water partition coefficient (Wildman–Crippen LogP) is 4.66. The number of H-pyrrole nitrogens is 1. The maximum Gasteiger partial charge on any atom is 0.326 e. The second-order valence-corrected chi connectivity index (χ2v) is 13.7. The first-order chi connectivity index (χ1) is 23.2. The van der Waals surface area contributed by atoms with Gasteiger partial charge < -0.3 is 35.5 Å². The molecule has 2 saturated heterocycles. The van der Waals surface area contributed by atoms with Crippen LogP contribution >= 0.6 is 31.9 Å². The highest BCUT2D eigenvalue weighted by Gasteiger charge is 2.32. The summed E-state index contributed by atoms with van der Waals surface area (Å²) in [4.78, 5) is 53.4. The molecule has 48 heavy (non-hydrogen) atoms. The number of hydrogen-bond donors (Lipinski definition) is 3. The van der Waals surface area contributed by atoms with Gasteiger partial charge in [-0.1, -0.05) is 0 Å². The fraction of sp³-hybridized carbons (Fsp3) is 0.353. The number of urea groups is 1. The molecule has 2 aliphatic rings. The molecule has 3 amide bonds. The summed E-state index contributed by atoms with van der Waals surface area (Å²) in [5.41, 5.74) is 10.0. The minimum Gasteiger partial charge on any atom is -0.497 e. The van der Waals surface area contributed by atoms with Gasteiger partial charge in [-0.2, -0.15) is 0 Å². The summed E-state index contributed by atoms with van der Waals surface area (Å²) in [6.07, 6.45) is 6.90. The Labute approximate surface area is 295 Å². The van der Waals surface area contributed by atoms with Crippen molar-refractivity contribution >= 4 is 55.2 Å². The van der Waals surface area contributed by atoms with E-state index in [9.17, 15) is 14.4 Å². The van der Waals surface area contributed by atoms with Crippen LogP contribution in [-0.4, -0.2) is 88.7 Å². The molecule has 1 atom stereocenters. The van der Waals surface area contributed by atoms with E-state index >= 15 is 0 Å². The van der Waals surface area contributed by atoms with Crippen LogP contribution in [0.25, 0.3) is 11.3 Å². The highest BCUT2D eigenvalue weighted by molar-refractivity contribution is 9.11. The molecule has 6 rings (SSSR count). The lowest BCUT2D eigenvalue weighted by Gasteiger charge is -2.38. The number of imidazole rings is 1. The number of pyridine rings is 1. The van der Waals surface area contributed by atoms with Crippen molar-refractivity contribution in [2.24, 2.45) is 0 Å². The van der Waals surface area contributed by atoms with E-state index < -0.39 is 6.04 Å². The molecule has 2 aliphatic heterocycles. The van der Waals surface area contributed by atoms with E-state index in [1.54, 1.807) is 29.0 Å². The number of benzene rings is 2. The number of methoxy groups -OCH3 is 1. The zero-order chi connectivity index (χ0) is 33.8. The molecule has 0 radical (unpaired) electrons. The number of likely N-dealkylation sites (tertiary alicyclic amines) is 1. The van der Waals surface area contributed by atoms with Crippen molar-refractivity contribution < 1.29 is 14.3 Å². The summed E-state index contributed by atoms with van der Waals surface area (Å²) < 4.78 is 8.40. The van der Waals surface area contributed by atoms with Crippen molar-refractivity contribution in [2.75, 3.05) is 57.0 Å². The SMILES string of the molecule is COc1ccc(-c2cn(C3CCN(C(=O)N[C@H](Cc4cc(Br)c(N)c(Br)c4)C(=O)N4CCN(c5ccncc5)CC4)CC3)c(=O)[nH]2)cc1. The van der Waals surface area contributed by atoms with Crippen LogP contribution in [0.2, 0.25) is 0 Å². The zero-order valence-electron chi connectivity index (χ0n) is 26.6. The van der Waals surface area contributed by atoms with Crippen LogP contribution in [0.4, 0.5) is 16.2 Å². The van der Waals surface area contributed by atoms with Gasteiger partial charge in [0, 0.05) is 85.0 Å². The van der Waals surface area contributed by atoms with Crippen molar-refractivity contribution in [1.29, 1.82) is 0 Å². The molecule has 0 saturated carbocycles. The third-order valence-corrected chi connectivity index (χ3v) is 10.4. The summed E-state index contributed by atoms with van der Waals surface area (Å²) >= 11 is 7.01. The molecule has 0 unspecified atom stereocenters. The fourth-order valence-corrected chi connectivity index (χ4v) is 7.62. The number of halogens is 2. The largest absolute Gasteiger partial charge is 0.497 e. The smallest absolute Gasteiger partial charge is 0.326 e. The van der Waals surface area contributed by atoms with Gasteiger partial charge in [0.05, 0.1) is 18.5 Å². The van der Waals surface area contributed by atoms with E-state index in [1.165, 1.54) is 0 Å². The lowest BCUT2D eigenvalue weighted by atomic mass is 10.0. The number of amides is 3. The topological polar surface area (TPSA) is 142 Å². The number of ether oxygens (including phenoxy) is 1. The van der Waals surface area contributed by atoms with E-state index in [1.807, 2.05) is 59.6 Å². The number of anilines is 2. The van der Waals surface area contributed by atoms with Crippen molar-refractivity contribution in [2.45, 2.75) is 31.3 Å². The van der Waals surface area contributed by atoms with E-state index in [-0.39, 0.29) is 23.7 Å². The Hall–Kier alpha value is -4.30. The lowest BCUT2D eigenvalue weighted by molar-refractivity contribution is -0.133. The van der Waals surface area contributed by atoms with Gasteiger partial charge >= 0.3 is 11.7 Å². The van der Waals surface area contributed by atoms with Gasteiger partial charge in [0.25, 0.3) is 0 Å². The summed E-state index contributed by atoms with van der Waals surface area (Å²) in [6.45, 7) is 3.35. The van der Waals surface area contributed by atoms with Crippen LogP contribution in [0.15, 0.2) is 80.9 Å². The minimum absolute atomic E-state index is 0.0524. The lowest BCUT2D eigenvalue weighted by Crippen LogP contribution is -2.57. The number of aromatic amines is 1. The van der Waals surface area contributed by atoms with Crippen molar-refractivity contribution in [3.05, 3.63) is 92.1 Å². The molecule has 4 aromatic rings. The Bertz CT molecular complexity index is 1770. The van der Waals surface area contributed by atoms with Gasteiger partial charge in [0.1, 0.15) is 11.8 Å². The van der Waals surface area contributed by atoms with Gasteiger partial charge in [-0.05, 0) is 104 Å². The molecule has 0 bridgehead atoms. The van der Waals surface area contributed by atoms with Crippen LogP contribution in [0.5, 0.6) is 5.75 Å². The van der Waals surface area contributed by atoms with Crippen molar-refractivity contribution in [3.8, 4) is 17.0 Å². The number of piperazine rings is 1. The second kappa shape index (κ2) is 14.9. The number of nitrogen functional groups attached to an aromatic ring is 1. The molecular weight excluding hydrogens is 744 g/mol. The number of rotatable bonds is 8. The number of carbonyl (C=O) groups is 2. The average molecular weight is 783 g/mol. The standard InChI is InChI=1S/C34H38Br2N8O4/c1-48-26-4-2-23(3-5-26)30-21-44(34(47)40-30)25-8-12-43(13-9-25)33(46)39-29(20-22-18-27(35)31(37)28(36)19-22)32(45)42-16-14-41(15-17-42)24-6-10-38-11-7-24/h2-7,10-11,18-19,21,25,29H,8-9,12-17,20,37H2,1H3,(H,39,46)(H,40,47)/t29-/m1/s1. The number of aromatic nitrogens is 3. The number of nitrogens with one attached hydrogen (secondary N) is 2. The first-order valence-electron chi connectivity index (χ1n) is 15.9. The van der Waals surface area contributed by atoms with Crippen LogP contribution < -0.4 is 26.4 Å². The molecule has 2 aromatic heterocycles. The van der Waals surface area contributed by atoms with E-state index in [2.05, 4.69) is 52.0 Å². The summed E-state index contributed by atoms with van der Waals surface area (Å²) in [5.74, 6) is 0.620. The van der Waals surface area contributed by atoms with Crippen LogP contribution in [0.1, 0.15) is 24.4 Å². The van der Waals surface area contributed by atoms with Crippen molar-refractivity contribution in [3.63, 3.8) is 0 Å². The Kier molecular flexibility index (Phi) is 10.4. The first kappa shape index (κ1) is 33.6. The highest BCUT2D eigenvalue weighted by atomic mass is 79.9. The normalized spacial score (nSPS) is 16.1. The van der Waals surface area contributed by atoms with E-state index in [0.29, 0.717) is 73.2 Å². The van der Waals surface area contributed by atoms with Crippen molar-refractivity contribution in [1.82, 2.24) is 29.7 Å². The molecule has 0 aliphatic carbocycles. The Morgan fingerprint density at radius 2 is 1.62 bits per heavy atom. The molecule has 2 fully saturated rings. The molecule has 4 N–H and O–H groups in total. The van der Waals surface area contributed by atoms with E-state index in [0.717, 1.165) is 28.3 Å². The average Bonchev–Trinajstić information content (AvgIpc) is 3.51. The number of piperidine rings is 1. The quantitative estimate of drug-likeness (QED) is 0.221. The second-order valence-electron chi connectivity index (χ2n) is 12.0. The number of nitrogens with two attached hydrogens (primary N) is 1. The maximum absolute atomic E-state index is 14.0. The molecule has 14 heteroatoms. The maximum atomic E-state index is 14.0. The fourth-order valence-electron chi connectivity index (χ4n) is 6.34. The Balaban J connectivity index is 1.11. The molecule has 252 valence electrons. The molecule has 0 spiro atoms. The van der Waals surface area contributed by atoms with Gasteiger partial charge in [0.2, 0.25) is 5.91 Å².